The fraction of sp³-hybridized carbons (Fsp3) is 0.167. The molecule has 2 atom stereocenters. The van der Waals surface area contributed by atoms with Crippen LogP contribution in [0.25, 0.3) is 0 Å². The number of hydrogen-bond donors (Lipinski definition) is 2. The minimum Gasteiger partial charge on any atom is -0.326 e. The highest BCUT2D eigenvalue weighted by Crippen LogP contribution is 2.65. The zero-order valence-electron chi connectivity index (χ0n) is 18.1. The molecule has 0 aliphatic heterocycles. The summed E-state index contributed by atoms with van der Waals surface area (Å²) in [6, 6.07) is 9.64. The molecule has 0 bridgehead atoms. The molecule has 2 N–H and O–H groups in total. The lowest BCUT2D eigenvalue weighted by Gasteiger charge is -2.16. The van der Waals surface area contributed by atoms with Crippen molar-refractivity contribution >= 4 is 69.6 Å². The van der Waals surface area contributed by atoms with Gasteiger partial charge in [-0.3, -0.25) is 9.59 Å². The maximum atomic E-state index is 13.7. The van der Waals surface area contributed by atoms with Gasteiger partial charge in [-0.2, -0.15) is 13.2 Å². The average molecular weight is 598 g/mol. The van der Waals surface area contributed by atoms with Gasteiger partial charge in [0.15, 0.2) is 0 Å². The van der Waals surface area contributed by atoms with Crippen LogP contribution in [0.1, 0.15) is 27.4 Å². The van der Waals surface area contributed by atoms with E-state index < -0.39 is 67.6 Å². The molecular weight excluding hydrogens is 585 g/mol. The summed E-state index contributed by atoms with van der Waals surface area (Å²) in [5.41, 5.74) is -1.94. The van der Waals surface area contributed by atoms with Gasteiger partial charge < -0.3 is 10.6 Å². The number of halogens is 9. The Hall–Kier alpha value is -2.59. The zero-order valence-corrected chi connectivity index (χ0v) is 21.1. The number of nitrogens with one attached hydrogen (secondary N) is 2. The maximum absolute atomic E-state index is 13.7. The number of anilines is 2. The molecule has 13 heteroatoms. The fourth-order valence-corrected chi connectivity index (χ4v) is 5.11. The van der Waals surface area contributed by atoms with Crippen LogP contribution in [-0.4, -0.2) is 16.1 Å². The Morgan fingerprint density at radius 3 is 2.11 bits per heavy atom. The van der Waals surface area contributed by atoms with Crippen LogP contribution < -0.4 is 10.6 Å². The number of carbonyl (C=O) groups is 2. The summed E-state index contributed by atoms with van der Waals surface area (Å²) < 4.78 is 66.0. The van der Waals surface area contributed by atoms with Gasteiger partial charge in [-0.1, -0.05) is 29.3 Å². The second kappa shape index (κ2) is 9.94. The molecule has 2 amide bonds. The summed E-state index contributed by atoms with van der Waals surface area (Å²) in [6.07, 6.45) is -4.97. The van der Waals surface area contributed by atoms with Crippen LogP contribution in [0.2, 0.25) is 10.0 Å². The normalized spacial score (nSPS) is 18.3. The molecule has 0 aromatic heterocycles. The number of hydrogen-bond acceptors (Lipinski definition) is 2. The van der Waals surface area contributed by atoms with Gasteiger partial charge in [0, 0.05) is 17.3 Å². The van der Waals surface area contributed by atoms with Crippen LogP contribution in [0.5, 0.6) is 0 Å². The first-order chi connectivity index (χ1) is 17.2. The van der Waals surface area contributed by atoms with E-state index in [0.717, 1.165) is 24.3 Å². The predicted octanol–water partition coefficient (Wildman–Crippen LogP) is 8.07. The fourth-order valence-electron chi connectivity index (χ4n) is 3.79. The van der Waals surface area contributed by atoms with E-state index in [1.54, 1.807) is 0 Å². The van der Waals surface area contributed by atoms with Crippen LogP contribution in [0.15, 0.2) is 54.6 Å². The van der Waals surface area contributed by atoms with Gasteiger partial charge in [0.2, 0.25) is 5.91 Å². The quantitative estimate of drug-likeness (QED) is 0.231. The lowest BCUT2D eigenvalue weighted by molar-refractivity contribution is -0.137. The van der Waals surface area contributed by atoms with E-state index in [4.69, 9.17) is 46.4 Å². The van der Waals surface area contributed by atoms with Gasteiger partial charge >= 0.3 is 6.18 Å². The van der Waals surface area contributed by atoms with E-state index in [2.05, 4.69) is 10.6 Å². The molecule has 0 radical (unpaired) electrons. The van der Waals surface area contributed by atoms with E-state index in [0.29, 0.717) is 11.6 Å². The Balaban J connectivity index is 1.63. The SMILES string of the molecule is O=C(Nc1ccc(F)cc1)c1cc(NC(=O)[C@H]2[C@H](c3ccc(F)c(Cl)c3)C2(Cl)Cl)cc(C(F)(F)F)c1Cl. The Labute approximate surface area is 226 Å². The van der Waals surface area contributed by atoms with Gasteiger partial charge in [0.25, 0.3) is 5.91 Å². The van der Waals surface area contributed by atoms with Crippen molar-refractivity contribution in [1.29, 1.82) is 0 Å². The molecule has 4 nitrogen and oxygen atoms in total. The zero-order chi connectivity index (χ0) is 27.3. The third-order valence-corrected chi connectivity index (χ3v) is 7.27. The van der Waals surface area contributed by atoms with Crippen molar-refractivity contribution in [3.05, 3.63) is 93.0 Å². The smallest absolute Gasteiger partial charge is 0.326 e. The van der Waals surface area contributed by atoms with Crippen molar-refractivity contribution in [3.8, 4) is 0 Å². The summed E-state index contributed by atoms with van der Waals surface area (Å²) in [4.78, 5) is 25.7. The van der Waals surface area contributed by atoms with E-state index >= 15 is 0 Å². The molecule has 1 aliphatic rings. The van der Waals surface area contributed by atoms with Crippen molar-refractivity contribution in [2.45, 2.75) is 16.4 Å². The summed E-state index contributed by atoms with van der Waals surface area (Å²) in [5, 5.41) is 3.48. The first-order valence-corrected chi connectivity index (χ1v) is 11.8. The number of amides is 2. The summed E-state index contributed by atoms with van der Waals surface area (Å²) in [7, 11) is 0. The highest BCUT2D eigenvalue weighted by atomic mass is 35.5. The molecule has 0 heterocycles. The van der Waals surface area contributed by atoms with Crippen LogP contribution in [0.4, 0.5) is 33.3 Å². The molecule has 0 unspecified atom stereocenters. The summed E-state index contributed by atoms with van der Waals surface area (Å²) >= 11 is 24.2. The highest BCUT2D eigenvalue weighted by molar-refractivity contribution is 6.53. The first kappa shape index (κ1) is 27.4. The Kier molecular flexibility index (Phi) is 7.38. The van der Waals surface area contributed by atoms with Crippen LogP contribution >= 0.6 is 46.4 Å². The lowest BCUT2D eigenvalue weighted by atomic mass is 10.1. The molecule has 1 saturated carbocycles. The molecule has 3 aromatic rings. The topological polar surface area (TPSA) is 58.2 Å². The summed E-state index contributed by atoms with van der Waals surface area (Å²) in [6.45, 7) is 0. The van der Waals surface area contributed by atoms with Gasteiger partial charge in [0.05, 0.1) is 27.1 Å². The van der Waals surface area contributed by atoms with Crippen LogP contribution in [-0.2, 0) is 11.0 Å². The molecular formula is C24H13Cl4F5N2O2. The molecule has 0 saturated heterocycles. The predicted molar refractivity (Wildman–Crippen MR) is 132 cm³/mol. The van der Waals surface area contributed by atoms with E-state index in [9.17, 15) is 31.5 Å². The van der Waals surface area contributed by atoms with E-state index in [1.165, 1.54) is 24.3 Å². The van der Waals surface area contributed by atoms with Crippen molar-refractivity contribution in [3.63, 3.8) is 0 Å². The van der Waals surface area contributed by atoms with Gasteiger partial charge in [0.1, 0.15) is 16.0 Å². The maximum Gasteiger partial charge on any atom is 0.417 e. The van der Waals surface area contributed by atoms with Gasteiger partial charge in [-0.25, -0.2) is 8.78 Å². The van der Waals surface area contributed by atoms with E-state index in [1.807, 2.05) is 0 Å². The monoisotopic (exact) mass is 596 g/mol. The number of alkyl halides is 5. The molecule has 1 fully saturated rings. The largest absolute Gasteiger partial charge is 0.417 e. The third-order valence-electron chi connectivity index (χ3n) is 5.63. The second-order valence-electron chi connectivity index (χ2n) is 8.14. The van der Waals surface area contributed by atoms with Crippen molar-refractivity contribution < 1.29 is 31.5 Å². The standard InChI is InChI=1S/C24H13Cl4F5N2O2/c25-16-7-10(1-6-17(16)30)18-19(23(18,27)28)22(37)35-13-8-14(20(26)15(9-13)24(31,32)33)21(36)34-12-4-2-11(29)3-5-12/h1-9,18-19H,(H,34,36)(H,35,37)/t18-,19+/m0/s1. The molecule has 37 heavy (non-hydrogen) atoms. The molecule has 3 aromatic carbocycles. The van der Waals surface area contributed by atoms with Gasteiger partial charge in [-0.15, -0.1) is 23.2 Å². The minimum absolute atomic E-state index is 0.0957. The van der Waals surface area contributed by atoms with E-state index in [-0.39, 0.29) is 10.7 Å². The molecule has 4 rings (SSSR count). The minimum atomic E-state index is -4.97. The molecule has 0 spiro atoms. The number of carbonyl (C=O) groups excluding carboxylic acids is 2. The van der Waals surface area contributed by atoms with Crippen molar-refractivity contribution in [2.75, 3.05) is 10.6 Å². The Bertz CT molecular complexity index is 1400. The first-order valence-electron chi connectivity index (χ1n) is 10.3. The second-order valence-corrected chi connectivity index (χ2v) is 10.4. The Morgan fingerprint density at radius 1 is 0.865 bits per heavy atom. The third kappa shape index (κ3) is 5.65. The van der Waals surface area contributed by atoms with Gasteiger partial charge in [-0.05, 0) is 54.1 Å². The summed E-state index contributed by atoms with van der Waals surface area (Å²) in [5.74, 6) is -5.13. The lowest BCUT2D eigenvalue weighted by Crippen LogP contribution is -2.20. The molecule has 194 valence electrons. The molecule has 1 aliphatic carbocycles. The van der Waals surface area contributed by atoms with Crippen molar-refractivity contribution in [1.82, 2.24) is 0 Å². The average Bonchev–Trinajstić information content (AvgIpc) is 3.39. The Morgan fingerprint density at radius 2 is 1.51 bits per heavy atom. The number of rotatable bonds is 5. The number of benzene rings is 3. The van der Waals surface area contributed by atoms with Crippen LogP contribution in [0.3, 0.4) is 0 Å². The van der Waals surface area contributed by atoms with Crippen molar-refractivity contribution in [2.24, 2.45) is 5.92 Å². The van der Waals surface area contributed by atoms with Crippen LogP contribution in [0, 0.1) is 17.6 Å². The highest BCUT2D eigenvalue weighted by Gasteiger charge is 2.67.